The van der Waals surface area contributed by atoms with Crippen molar-refractivity contribution >= 4 is 51.2 Å². The Morgan fingerprint density at radius 1 is 1.55 bits per heavy atom. The van der Waals surface area contributed by atoms with Gasteiger partial charge in [0.1, 0.15) is 0 Å². The third-order valence-corrected chi connectivity index (χ3v) is 4.88. The van der Waals surface area contributed by atoms with Crippen LogP contribution in [-0.2, 0) is 4.79 Å². The third kappa shape index (κ3) is 2.27. The largest absolute Gasteiger partial charge is 0.478 e. The summed E-state index contributed by atoms with van der Waals surface area (Å²) in [5.74, 6) is 0.0271. The number of amides is 1. The van der Waals surface area contributed by atoms with E-state index in [2.05, 4.69) is 17.6 Å². The number of thiol groups is 1. The quantitative estimate of drug-likeness (QED) is 0.853. The fourth-order valence-corrected chi connectivity index (χ4v) is 3.53. The number of carboxylic acid groups (broad SMARTS) is 1. The van der Waals surface area contributed by atoms with Gasteiger partial charge in [-0.25, -0.2) is 9.78 Å². The van der Waals surface area contributed by atoms with E-state index in [1.54, 1.807) is 17.0 Å². The highest BCUT2D eigenvalue weighted by molar-refractivity contribution is 7.80. The lowest BCUT2D eigenvalue weighted by Gasteiger charge is -2.11. The molecule has 0 saturated carbocycles. The summed E-state index contributed by atoms with van der Waals surface area (Å²) in [7, 11) is 0. The van der Waals surface area contributed by atoms with Gasteiger partial charge >= 0.3 is 5.97 Å². The van der Waals surface area contributed by atoms with E-state index < -0.39 is 5.97 Å². The van der Waals surface area contributed by atoms with Crippen LogP contribution < -0.4 is 4.90 Å². The zero-order valence-corrected chi connectivity index (χ0v) is 12.2. The lowest BCUT2D eigenvalue weighted by molar-refractivity contribution is -0.117. The molecule has 104 valence electrons. The highest BCUT2D eigenvalue weighted by Gasteiger charge is 2.31. The number of thiazole rings is 1. The fraction of sp³-hybridized carbons (Fsp3) is 0.308. The Hall–Kier alpha value is -1.60. The number of hydrogen-bond donors (Lipinski definition) is 2. The average Bonchev–Trinajstić information content (AvgIpc) is 3.00. The van der Waals surface area contributed by atoms with E-state index in [0.29, 0.717) is 23.8 Å². The first kappa shape index (κ1) is 13.4. The van der Waals surface area contributed by atoms with Gasteiger partial charge in [0.25, 0.3) is 0 Å². The Bertz CT molecular complexity index is 698. The molecule has 1 aromatic carbocycles. The van der Waals surface area contributed by atoms with Crippen LogP contribution in [0, 0.1) is 5.92 Å². The predicted octanol–water partition coefficient (Wildman–Crippen LogP) is 2.28. The lowest BCUT2D eigenvalue weighted by Crippen LogP contribution is -2.24. The van der Waals surface area contributed by atoms with E-state index in [4.69, 9.17) is 5.11 Å². The van der Waals surface area contributed by atoms with Crippen LogP contribution in [0.15, 0.2) is 18.2 Å². The first-order valence-corrected chi connectivity index (χ1v) is 7.58. The van der Waals surface area contributed by atoms with E-state index in [1.807, 2.05) is 0 Å². The van der Waals surface area contributed by atoms with Crippen LogP contribution in [0.25, 0.3) is 10.2 Å². The van der Waals surface area contributed by atoms with Crippen molar-refractivity contribution in [2.45, 2.75) is 6.42 Å². The van der Waals surface area contributed by atoms with Gasteiger partial charge in [0, 0.05) is 13.0 Å². The molecule has 1 aliphatic heterocycles. The number of carbonyl (C=O) groups is 2. The fourth-order valence-electron chi connectivity index (χ4n) is 2.25. The summed E-state index contributed by atoms with van der Waals surface area (Å²) < 4.78 is 0.780. The molecular weight excluding hydrogens is 296 g/mol. The molecule has 0 spiro atoms. The number of rotatable bonds is 3. The van der Waals surface area contributed by atoms with Crippen LogP contribution in [0.1, 0.15) is 16.8 Å². The third-order valence-electron chi connectivity index (χ3n) is 3.32. The molecule has 0 aliphatic carbocycles. The maximum absolute atomic E-state index is 12.0. The van der Waals surface area contributed by atoms with Crippen LogP contribution in [0.5, 0.6) is 0 Å². The average molecular weight is 308 g/mol. The van der Waals surface area contributed by atoms with Gasteiger partial charge in [0.2, 0.25) is 5.91 Å². The Balaban J connectivity index is 1.97. The SMILES string of the molecule is O=C(O)c1ccc2nc(N3CC(CS)CC3=O)sc2c1. The number of aromatic nitrogens is 1. The number of aromatic carboxylic acids is 1. The minimum atomic E-state index is -0.964. The Kier molecular flexibility index (Phi) is 3.39. The zero-order chi connectivity index (χ0) is 14.3. The Morgan fingerprint density at radius 2 is 2.35 bits per heavy atom. The van der Waals surface area contributed by atoms with Gasteiger partial charge < -0.3 is 5.11 Å². The molecule has 5 nitrogen and oxygen atoms in total. The molecule has 1 aliphatic rings. The molecule has 2 aromatic rings. The Labute approximate surface area is 124 Å². The highest BCUT2D eigenvalue weighted by Crippen LogP contribution is 2.33. The normalized spacial score (nSPS) is 18.9. The lowest BCUT2D eigenvalue weighted by atomic mass is 10.1. The monoisotopic (exact) mass is 308 g/mol. The van der Waals surface area contributed by atoms with Crippen LogP contribution >= 0.6 is 24.0 Å². The minimum Gasteiger partial charge on any atom is -0.478 e. The number of hydrogen-bond acceptors (Lipinski definition) is 5. The van der Waals surface area contributed by atoms with E-state index in [1.165, 1.54) is 17.4 Å². The van der Waals surface area contributed by atoms with Crippen molar-refractivity contribution in [3.63, 3.8) is 0 Å². The van der Waals surface area contributed by atoms with E-state index in [9.17, 15) is 9.59 Å². The van der Waals surface area contributed by atoms with Crippen molar-refractivity contribution in [3.05, 3.63) is 23.8 Å². The highest BCUT2D eigenvalue weighted by atomic mass is 32.1. The first-order chi connectivity index (χ1) is 9.58. The molecule has 1 N–H and O–H groups in total. The summed E-state index contributed by atoms with van der Waals surface area (Å²) in [6.45, 7) is 0.633. The molecule has 3 rings (SSSR count). The minimum absolute atomic E-state index is 0.0570. The van der Waals surface area contributed by atoms with Crippen LogP contribution in [0.2, 0.25) is 0 Å². The number of fused-ring (bicyclic) bond motifs is 1. The standard InChI is InChI=1S/C13H12N2O3S2/c16-11-3-7(6-19)5-15(11)13-14-9-2-1-8(12(17)18)4-10(9)20-13/h1-2,4,7,19H,3,5-6H2,(H,17,18). The summed E-state index contributed by atoms with van der Waals surface area (Å²) in [6.07, 6.45) is 0.500. The van der Waals surface area contributed by atoms with Crippen LogP contribution in [-0.4, -0.2) is 34.3 Å². The number of carboxylic acids is 1. The second-order valence-electron chi connectivity index (χ2n) is 4.74. The summed E-state index contributed by atoms with van der Waals surface area (Å²) in [6, 6.07) is 4.79. The van der Waals surface area contributed by atoms with Crippen LogP contribution in [0.3, 0.4) is 0 Å². The van der Waals surface area contributed by atoms with Gasteiger partial charge in [0.15, 0.2) is 5.13 Å². The van der Waals surface area contributed by atoms with Gasteiger partial charge in [-0.2, -0.15) is 12.6 Å². The van der Waals surface area contributed by atoms with Crippen molar-refractivity contribution in [1.29, 1.82) is 0 Å². The second-order valence-corrected chi connectivity index (χ2v) is 6.12. The number of anilines is 1. The van der Waals surface area contributed by atoms with Crippen molar-refractivity contribution in [3.8, 4) is 0 Å². The van der Waals surface area contributed by atoms with Gasteiger partial charge in [-0.3, -0.25) is 9.69 Å². The van der Waals surface area contributed by atoms with Gasteiger partial charge in [-0.1, -0.05) is 11.3 Å². The van der Waals surface area contributed by atoms with E-state index >= 15 is 0 Å². The summed E-state index contributed by atoms with van der Waals surface area (Å²) in [4.78, 5) is 29.0. The molecule has 20 heavy (non-hydrogen) atoms. The number of benzene rings is 1. The predicted molar refractivity (Wildman–Crippen MR) is 80.9 cm³/mol. The topological polar surface area (TPSA) is 70.5 Å². The summed E-state index contributed by atoms with van der Waals surface area (Å²) in [5, 5.41) is 9.62. The maximum atomic E-state index is 12.0. The van der Waals surface area contributed by atoms with Gasteiger partial charge in [-0.15, -0.1) is 0 Å². The Morgan fingerprint density at radius 3 is 3.00 bits per heavy atom. The smallest absolute Gasteiger partial charge is 0.335 e. The van der Waals surface area contributed by atoms with E-state index in [-0.39, 0.29) is 17.4 Å². The molecule has 0 radical (unpaired) electrons. The number of nitrogens with zero attached hydrogens (tertiary/aromatic N) is 2. The first-order valence-electron chi connectivity index (χ1n) is 6.13. The molecule has 7 heteroatoms. The zero-order valence-electron chi connectivity index (χ0n) is 10.4. The molecule has 1 atom stereocenters. The molecule has 0 bridgehead atoms. The second kappa shape index (κ2) is 5.06. The molecule has 1 fully saturated rings. The molecule has 1 amide bonds. The summed E-state index contributed by atoms with van der Waals surface area (Å²) in [5.41, 5.74) is 0.950. The molecule has 1 unspecified atom stereocenters. The molecule has 1 aromatic heterocycles. The molecular formula is C13H12N2O3S2. The number of carbonyl (C=O) groups excluding carboxylic acids is 1. The molecule has 2 heterocycles. The van der Waals surface area contributed by atoms with Crippen molar-refractivity contribution in [1.82, 2.24) is 4.98 Å². The van der Waals surface area contributed by atoms with Crippen molar-refractivity contribution in [2.75, 3.05) is 17.2 Å². The maximum Gasteiger partial charge on any atom is 0.335 e. The van der Waals surface area contributed by atoms with E-state index in [0.717, 1.165) is 10.2 Å². The molecule has 1 saturated heterocycles. The van der Waals surface area contributed by atoms with Crippen molar-refractivity contribution in [2.24, 2.45) is 5.92 Å². The van der Waals surface area contributed by atoms with Crippen LogP contribution in [0.4, 0.5) is 5.13 Å². The van der Waals surface area contributed by atoms with Crippen molar-refractivity contribution < 1.29 is 14.7 Å². The van der Waals surface area contributed by atoms with Gasteiger partial charge in [-0.05, 0) is 29.9 Å². The van der Waals surface area contributed by atoms with Gasteiger partial charge in [0.05, 0.1) is 15.8 Å². The summed E-state index contributed by atoms with van der Waals surface area (Å²) >= 11 is 5.58.